The van der Waals surface area contributed by atoms with Gasteiger partial charge in [-0.25, -0.2) is 9.78 Å². The molecule has 0 saturated carbocycles. The molecule has 5 nitrogen and oxygen atoms in total. The van der Waals surface area contributed by atoms with E-state index in [1.54, 1.807) is 6.20 Å². The number of amides is 2. The average molecular weight is 235 g/mol. The minimum atomic E-state index is -0.234. The molecule has 5 heteroatoms. The van der Waals surface area contributed by atoms with E-state index >= 15 is 0 Å². The summed E-state index contributed by atoms with van der Waals surface area (Å²) in [7, 11) is 0. The van der Waals surface area contributed by atoms with E-state index < -0.39 is 0 Å². The fourth-order valence-electron chi connectivity index (χ4n) is 1.78. The van der Waals surface area contributed by atoms with Gasteiger partial charge in [0.15, 0.2) is 0 Å². The molecule has 1 aromatic rings. The number of ether oxygens (including phenoxy) is 1. The van der Waals surface area contributed by atoms with Gasteiger partial charge in [0.25, 0.3) is 0 Å². The number of hydrogen-bond acceptors (Lipinski definition) is 3. The molecule has 0 radical (unpaired) electrons. The summed E-state index contributed by atoms with van der Waals surface area (Å²) < 4.78 is 5.42. The quantitative estimate of drug-likeness (QED) is 0.838. The minimum absolute atomic E-state index is 0.158. The lowest BCUT2D eigenvalue weighted by Gasteiger charge is -2.12. The Morgan fingerprint density at radius 3 is 3.24 bits per heavy atom. The number of anilines is 1. The Morgan fingerprint density at radius 2 is 2.53 bits per heavy atom. The van der Waals surface area contributed by atoms with Gasteiger partial charge >= 0.3 is 6.03 Å². The predicted octanol–water partition coefficient (Wildman–Crippen LogP) is 1.69. The number of nitrogens with one attached hydrogen (secondary N) is 2. The van der Waals surface area contributed by atoms with Crippen LogP contribution in [0.3, 0.4) is 0 Å². The molecule has 1 aromatic heterocycles. The van der Waals surface area contributed by atoms with Gasteiger partial charge in [0, 0.05) is 19.3 Å². The highest BCUT2D eigenvalue weighted by molar-refractivity contribution is 5.88. The number of urea groups is 1. The Hall–Kier alpha value is -1.62. The minimum Gasteiger partial charge on any atom is -0.376 e. The van der Waals surface area contributed by atoms with Crippen molar-refractivity contribution in [3.05, 3.63) is 23.9 Å². The van der Waals surface area contributed by atoms with E-state index in [0.29, 0.717) is 12.4 Å². The van der Waals surface area contributed by atoms with Crippen molar-refractivity contribution < 1.29 is 9.53 Å². The summed E-state index contributed by atoms with van der Waals surface area (Å²) >= 11 is 0. The first-order valence-corrected chi connectivity index (χ1v) is 5.84. The maximum atomic E-state index is 11.6. The first-order chi connectivity index (χ1) is 8.25. The van der Waals surface area contributed by atoms with Gasteiger partial charge in [-0.3, -0.25) is 5.32 Å². The topological polar surface area (TPSA) is 63.2 Å². The van der Waals surface area contributed by atoms with Crippen molar-refractivity contribution in [2.24, 2.45) is 0 Å². The van der Waals surface area contributed by atoms with Crippen molar-refractivity contribution in [1.82, 2.24) is 10.3 Å². The Balaban J connectivity index is 1.79. The molecule has 0 aromatic carbocycles. The summed E-state index contributed by atoms with van der Waals surface area (Å²) in [6.45, 7) is 3.26. The van der Waals surface area contributed by atoms with Crippen LogP contribution in [0, 0.1) is 6.92 Å². The van der Waals surface area contributed by atoms with E-state index in [2.05, 4.69) is 15.6 Å². The summed E-state index contributed by atoms with van der Waals surface area (Å²) in [4.78, 5) is 15.7. The highest BCUT2D eigenvalue weighted by Crippen LogP contribution is 2.11. The van der Waals surface area contributed by atoms with E-state index in [-0.39, 0.29) is 12.1 Å². The molecule has 1 aliphatic heterocycles. The van der Waals surface area contributed by atoms with Crippen LogP contribution in [0.15, 0.2) is 18.3 Å². The van der Waals surface area contributed by atoms with E-state index in [0.717, 1.165) is 25.0 Å². The smallest absolute Gasteiger partial charge is 0.320 e. The summed E-state index contributed by atoms with van der Waals surface area (Å²) in [5, 5.41) is 5.50. The van der Waals surface area contributed by atoms with Crippen molar-refractivity contribution in [2.45, 2.75) is 25.9 Å². The van der Waals surface area contributed by atoms with Gasteiger partial charge in [-0.2, -0.15) is 0 Å². The average Bonchev–Trinajstić information content (AvgIpc) is 2.82. The number of pyridine rings is 1. The molecular formula is C12H17N3O2. The molecule has 2 N–H and O–H groups in total. The molecule has 92 valence electrons. The van der Waals surface area contributed by atoms with Gasteiger partial charge < -0.3 is 10.1 Å². The molecule has 1 atom stereocenters. The Kier molecular flexibility index (Phi) is 3.93. The molecule has 2 rings (SSSR count). The predicted molar refractivity (Wildman–Crippen MR) is 65.0 cm³/mol. The highest BCUT2D eigenvalue weighted by Gasteiger charge is 2.16. The molecule has 0 spiro atoms. The van der Waals surface area contributed by atoms with Crippen LogP contribution in [0.2, 0.25) is 0 Å². The fourth-order valence-corrected chi connectivity index (χ4v) is 1.78. The monoisotopic (exact) mass is 235 g/mol. The number of hydrogen-bond donors (Lipinski definition) is 2. The molecule has 2 amide bonds. The second-order valence-electron chi connectivity index (χ2n) is 4.14. The molecule has 17 heavy (non-hydrogen) atoms. The summed E-state index contributed by atoms with van der Waals surface area (Å²) in [6.07, 6.45) is 3.91. The first-order valence-electron chi connectivity index (χ1n) is 5.84. The Labute approximate surface area is 101 Å². The molecule has 2 heterocycles. The Morgan fingerprint density at radius 1 is 1.65 bits per heavy atom. The lowest BCUT2D eigenvalue weighted by atomic mass is 10.2. The van der Waals surface area contributed by atoms with Crippen molar-refractivity contribution in [3.63, 3.8) is 0 Å². The van der Waals surface area contributed by atoms with Gasteiger partial charge in [-0.15, -0.1) is 0 Å². The molecular weight excluding hydrogens is 218 g/mol. The summed E-state index contributed by atoms with van der Waals surface area (Å²) in [6, 6.07) is 3.51. The number of carbonyl (C=O) groups is 1. The third-order valence-electron chi connectivity index (χ3n) is 2.76. The van der Waals surface area contributed by atoms with E-state index in [4.69, 9.17) is 4.74 Å². The zero-order valence-electron chi connectivity index (χ0n) is 9.90. The highest BCUT2D eigenvalue weighted by atomic mass is 16.5. The van der Waals surface area contributed by atoms with Crippen molar-refractivity contribution in [1.29, 1.82) is 0 Å². The normalized spacial score (nSPS) is 19.0. The standard InChI is InChI=1S/C12H17N3O2/c1-9-4-2-6-13-11(9)15-12(16)14-8-10-5-3-7-17-10/h2,4,6,10H,3,5,7-8H2,1H3,(H2,13,14,15,16). The van der Waals surface area contributed by atoms with E-state index in [1.165, 1.54) is 0 Å². The maximum Gasteiger partial charge on any atom is 0.320 e. The number of carbonyl (C=O) groups excluding carboxylic acids is 1. The second kappa shape index (κ2) is 5.63. The van der Waals surface area contributed by atoms with Crippen molar-refractivity contribution in [2.75, 3.05) is 18.5 Å². The lowest BCUT2D eigenvalue weighted by Crippen LogP contribution is -2.35. The van der Waals surface area contributed by atoms with Gasteiger partial charge in [-0.05, 0) is 31.4 Å². The molecule has 0 bridgehead atoms. The molecule has 1 aliphatic rings. The second-order valence-corrected chi connectivity index (χ2v) is 4.14. The van der Waals surface area contributed by atoms with Gasteiger partial charge in [-0.1, -0.05) is 6.07 Å². The third-order valence-corrected chi connectivity index (χ3v) is 2.76. The zero-order chi connectivity index (χ0) is 12.1. The van der Waals surface area contributed by atoms with E-state index in [9.17, 15) is 4.79 Å². The fraction of sp³-hybridized carbons (Fsp3) is 0.500. The van der Waals surface area contributed by atoms with Crippen LogP contribution >= 0.6 is 0 Å². The number of aryl methyl sites for hydroxylation is 1. The van der Waals surface area contributed by atoms with Crippen LogP contribution in [0.5, 0.6) is 0 Å². The van der Waals surface area contributed by atoms with Crippen LogP contribution in [-0.2, 0) is 4.74 Å². The van der Waals surface area contributed by atoms with Crippen LogP contribution in [0.25, 0.3) is 0 Å². The van der Waals surface area contributed by atoms with Gasteiger partial charge in [0.2, 0.25) is 0 Å². The van der Waals surface area contributed by atoms with Crippen LogP contribution in [0.1, 0.15) is 18.4 Å². The molecule has 0 aliphatic carbocycles. The van der Waals surface area contributed by atoms with Crippen molar-refractivity contribution >= 4 is 11.8 Å². The van der Waals surface area contributed by atoms with Crippen molar-refractivity contribution in [3.8, 4) is 0 Å². The molecule has 1 saturated heterocycles. The first kappa shape index (κ1) is 11.9. The SMILES string of the molecule is Cc1cccnc1NC(=O)NCC1CCCO1. The largest absolute Gasteiger partial charge is 0.376 e. The third kappa shape index (κ3) is 3.42. The Bertz CT molecular complexity index is 389. The number of rotatable bonds is 3. The molecule has 1 fully saturated rings. The number of aromatic nitrogens is 1. The van der Waals surface area contributed by atoms with Gasteiger partial charge in [0.05, 0.1) is 6.10 Å². The van der Waals surface area contributed by atoms with E-state index in [1.807, 2.05) is 19.1 Å². The maximum absolute atomic E-state index is 11.6. The van der Waals surface area contributed by atoms with Crippen LogP contribution < -0.4 is 10.6 Å². The summed E-state index contributed by atoms with van der Waals surface area (Å²) in [5.41, 5.74) is 0.944. The summed E-state index contributed by atoms with van der Waals surface area (Å²) in [5.74, 6) is 0.595. The van der Waals surface area contributed by atoms with Crippen LogP contribution in [-0.4, -0.2) is 30.3 Å². The van der Waals surface area contributed by atoms with Gasteiger partial charge in [0.1, 0.15) is 5.82 Å². The zero-order valence-corrected chi connectivity index (χ0v) is 9.90. The lowest BCUT2D eigenvalue weighted by molar-refractivity contribution is 0.112. The number of nitrogens with zero attached hydrogens (tertiary/aromatic N) is 1. The molecule has 1 unspecified atom stereocenters. The van der Waals surface area contributed by atoms with Crippen LogP contribution in [0.4, 0.5) is 10.6 Å².